The molecule has 0 radical (unpaired) electrons. The van der Waals surface area contributed by atoms with Crippen LogP contribution in [0.3, 0.4) is 0 Å². The van der Waals surface area contributed by atoms with Gasteiger partial charge in [0.2, 0.25) is 0 Å². The van der Waals surface area contributed by atoms with Crippen molar-refractivity contribution >= 4 is 19.8 Å². The average Bonchev–Trinajstić information content (AvgIpc) is 3.08. The van der Waals surface area contributed by atoms with Crippen LogP contribution in [0.2, 0.25) is 0 Å². The van der Waals surface area contributed by atoms with Gasteiger partial charge in [-0.1, -0.05) is 113 Å². The fourth-order valence-electron chi connectivity index (χ4n) is 4.62. The molecule has 0 amide bonds. The fourth-order valence-corrected chi connectivity index (χ4v) is 5.38. The summed E-state index contributed by atoms with van der Waals surface area (Å²) in [6, 6.07) is 0. The summed E-state index contributed by atoms with van der Waals surface area (Å²) in [7, 11) is -4.39. The Hall–Kier alpha value is -2.29. The van der Waals surface area contributed by atoms with Crippen molar-refractivity contribution in [2.75, 3.05) is 26.4 Å². The third-order valence-electron chi connectivity index (χ3n) is 7.39. The van der Waals surface area contributed by atoms with Gasteiger partial charge in [-0.25, -0.2) is 4.57 Å². The lowest BCUT2D eigenvalue weighted by molar-refractivity contribution is -0.161. The first-order valence-electron chi connectivity index (χ1n) is 18.8. The molecule has 0 saturated heterocycles. The molecule has 2 atom stereocenters. The Bertz CT molecular complexity index is 992. The van der Waals surface area contributed by atoms with E-state index in [4.69, 9.17) is 24.3 Å². The van der Waals surface area contributed by atoms with Crippen LogP contribution in [-0.4, -0.2) is 49.3 Å². The number of rotatable bonds is 34. The Balaban J connectivity index is 4.34. The first-order valence-corrected chi connectivity index (χ1v) is 20.3. The van der Waals surface area contributed by atoms with Crippen molar-refractivity contribution in [3.05, 3.63) is 60.8 Å². The van der Waals surface area contributed by atoms with E-state index < -0.39 is 32.5 Å². The van der Waals surface area contributed by atoms with Gasteiger partial charge in [0.1, 0.15) is 6.61 Å². The minimum Gasteiger partial charge on any atom is -0.462 e. The Labute approximate surface area is 298 Å². The van der Waals surface area contributed by atoms with Crippen LogP contribution in [0.5, 0.6) is 0 Å². The third kappa shape index (κ3) is 35.3. The molecule has 0 aliphatic rings. The second-order valence-electron chi connectivity index (χ2n) is 12.1. The van der Waals surface area contributed by atoms with Crippen LogP contribution < -0.4 is 5.73 Å². The summed E-state index contributed by atoms with van der Waals surface area (Å²) in [5.74, 6) is -0.895. The van der Waals surface area contributed by atoms with Gasteiger partial charge in [-0.05, 0) is 77.0 Å². The van der Waals surface area contributed by atoms with Crippen LogP contribution in [0.1, 0.15) is 142 Å². The number of hydrogen-bond donors (Lipinski definition) is 2. The van der Waals surface area contributed by atoms with E-state index in [2.05, 4.69) is 74.6 Å². The number of phosphoric acid groups is 1. The molecular formula is C39H68NO8P. The molecule has 2 unspecified atom stereocenters. The molecule has 0 saturated carbocycles. The predicted molar refractivity (Wildman–Crippen MR) is 201 cm³/mol. The lowest BCUT2D eigenvalue weighted by atomic mass is 10.1. The summed E-state index contributed by atoms with van der Waals surface area (Å²) < 4.78 is 32.6. The second kappa shape index (κ2) is 35.5. The van der Waals surface area contributed by atoms with Crippen molar-refractivity contribution in [1.29, 1.82) is 0 Å². The monoisotopic (exact) mass is 709 g/mol. The largest absolute Gasteiger partial charge is 0.472 e. The number of allylic oxidation sites excluding steroid dienone is 10. The van der Waals surface area contributed by atoms with Crippen molar-refractivity contribution in [1.82, 2.24) is 0 Å². The van der Waals surface area contributed by atoms with E-state index in [9.17, 15) is 19.0 Å². The van der Waals surface area contributed by atoms with Gasteiger partial charge in [0, 0.05) is 19.4 Å². The highest BCUT2D eigenvalue weighted by atomic mass is 31.2. The van der Waals surface area contributed by atoms with Gasteiger partial charge < -0.3 is 20.1 Å². The highest BCUT2D eigenvalue weighted by molar-refractivity contribution is 7.47. The molecule has 9 nitrogen and oxygen atoms in total. The molecule has 0 spiro atoms. The van der Waals surface area contributed by atoms with Gasteiger partial charge >= 0.3 is 19.8 Å². The molecule has 0 bridgehead atoms. The van der Waals surface area contributed by atoms with E-state index in [1.165, 1.54) is 32.1 Å². The SMILES string of the molecule is CCC=CCC=CCC=CCC=CCCCCC(=O)OC(COC(=O)CCCCCCCC=CCCCCCC)COP(=O)(O)OCCN. The van der Waals surface area contributed by atoms with E-state index in [-0.39, 0.29) is 32.6 Å². The van der Waals surface area contributed by atoms with Crippen LogP contribution >= 0.6 is 7.82 Å². The Morgan fingerprint density at radius 3 is 1.73 bits per heavy atom. The average molecular weight is 710 g/mol. The first-order chi connectivity index (χ1) is 23.8. The summed E-state index contributed by atoms with van der Waals surface area (Å²) >= 11 is 0. The summed E-state index contributed by atoms with van der Waals surface area (Å²) in [4.78, 5) is 34.7. The number of carbonyl (C=O) groups is 2. The van der Waals surface area contributed by atoms with E-state index in [0.717, 1.165) is 70.6 Å². The second-order valence-corrected chi connectivity index (χ2v) is 13.5. The maximum Gasteiger partial charge on any atom is 0.472 e. The van der Waals surface area contributed by atoms with Crippen LogP contribution in [0.15, 0.2) is 60.8 Å². The maximum atomic E-state index is 12.5. The molecule has 0 aromatic carbocycles. The predicted octanol–water partition coefficient (Wildman–Crippen LogP) is 10.2. The molecule has 49 heavy (non-hydrogen) atoms. The zero-order valence-electron chi connectivity index (χ0n) is 30.7. The van der Waals surface area contributed by atoms with Crippen LogP contribution in [-0.2, 0) is 32.7 Å². The standard InChI is InChI=1S/C39H68NO8P/c1-3-5-7-9-11-13-15-17-18-20-22-24-26-28-30-32-39(42)48-37(36-47-49(43,44)46-34-33-40)35-45-38(41)31-29-27-25-23-21-19-16-14-12-10-8-6-4-2/h5,7,11,13-14,16-18,22,24,37H,3-4,6,8-10,12,15,19-21,23,25-36,40H2,1-2H3,(H,43,44). The zero-order valence-corrected chi connectivity index (χ0v) is 31.5. The molecule has 0 aromatic heterocycles. The highest BCUT2D eigenvalue weighted by Gasteiger charge is 2.25. The van der Waals surface area contributed by atoms with E-state index in [1.807, 2.05) is 0 Å². The van der Waals surface area contributed by atoms with Gasteiger partial charge in [-0.2, -0.15) is 0 Å². The number of hydrogen-bond acceptors (Lipinski definition) is 8. The van der Waals surface area contributed by atoms with Crippen LogP contribution in [0.4, 0.5) is 0 Å². The number of phosphoric ester groups is 1. The quantitative estimate of drug-likeness (QED) is 0.0290. The first kappa shape index (κ1) is 46.7. The normalized spacial score (nSPS) is 14.1. The molecule has 0 aliphatic carbocycles. The summed E-state index contributed by atoms with van der Waals surface area (Å²) in [6.45, 7) is 3.51. The number of nitrogens with two attached hydrogens (primary N) is 1. The molecule has 0 heterocycles. The van der Waals surface area contributed by atoms with Crippen molar-refractivity contribution in [2.24, 2.45) is 5.73 Å². The third-order valence-corrected chi connectivity index (χ3v) is 8.37. The van der Waals surface area contributed by atoms with E-state index in [1.54, 1.807) is 0 Å². The molecule has 0 aromatic rings. The Kier molecular flexibility index (Phi) is 33.9. The van der Waals surface area contributed by atoms with Crippen molar-refractivity contribution < 1.29 is 37.6 Å². The molecule has 10 heteroatoms. The number of unbranched alkanes of at least 4 members (excludes halogenated alkanes) is 11. The van der Waals surface area contributed by atoms with Crippen LogP contribution in [0.25, 0.3) is 0 Å². The van der Waals surface area contributed by atoms with E-state index in [0.29, 0.717) is 12.8 Å². The highest BCUT2D eigenvalue weighted by Crippen LogP contribution is 2.43. The van der Waals surface area contributed by atoms with Crippen LogP contribution in [0, 0.1) is 0 Å². The molecule has 0 fully saturated rings. The summed E-state index contributed by atoms with van der Waals surface area (Å²) in [5.41, 5.74) is 5.32. The van der Waals surface area contributed by atoms with Crippen molar-refractivity contribution in [2.45, 2.75) is 148 Å². The number of esters is 2. The van der Waals surface area contributed by atoms with Gasteiger partial charge in [0.25, 0.3) is 0 Å². The lowest BCUT2D eigenvalue weighted by Gasteiger charge is -2.19. The van der Waals surface area contributed by atoms with Gasteiger partial charge in [-0.15, -0.1) is 0 Å². The zero-order chi connectivity index (χ0) is 36.1. The topological polar surface area (TPSA) is 134 Å². The Morgan fingerprint density at radius 1 is 0.633 bits per heavy atom. The molecule has 282 valence electrons. The fraction of sp³-hybridized carbons (Fsp3) is 0.692. The molecule has 0 aliphatic heterocycles. The lowest BCUT2D eigenvalue weighted by Crippen LogP contribution is -2.29. The number of ether oxygens (including phenoxy) is 2. The summed E-state index contributed by atoms with van der Waals surface area (Å²) in [5, 5.41) is 0. The van der Waals surface area contributed by atoms with Crippen molar-refractivity contribution in [3.63, 3.8) is 0 Å². The number of carbonyl (C=O) groups excluding carboxylic acids is 2. The molecule has 0 rings (SSSR count). The smallest absolute Gasteiger partial charge is 0.462 e. The summed E-state index contributed by atoms with van der Waals surface area (Å²) in [6.07, 6.45) is 39.7. The Morgan fingerprint density at radius 2 is 1.12 bits per heavy atom. The van der Waals surface area contributed by atoms with Gasteiger partial charge in [0.15, 0.2) is 6.10 Å². The molecular weight excluding hydrogens is 641 g/mol. The van der Waals surface area contributed by atoms with Gasteiger partial charge in [-0.3, -0.25) is 18.6 Å². The minimum atomic E-state index is -4.39. The minimum absolute atomic E-state index is 0.0428. The van der Waals surface area contributed by atoms with Gasteiger partial charge in [0.05, 0.1) is 13.2 Å². The maximum absolute atomic E-state index is 12.5. The van der Waals surface area contributed by atoms with E-state index >= 15 is 0 Å². The molecule has 3 N–H and O–H groups in total. The van der Waals surface area contributed by atoms with Crippen molar-refractivity contribution in [3.8, 4) is 0 Å².